The number of benzene rings is 1. The van der Waals surface area contributed by atoms with E-state index in [0.29, 0.717) is 6.07 Å². The van der Waals surface area contributed by atoms with Gasteiger partial charge in [0.25, 0.3) is 5.78 Å². The molecule has 0 aromatic heterocycles. The topological polar surface area (TPSA) is 43.4 Å². The zero-order valence-corrected chi connectivity index (χ0v) is 8.14. The van der Waals surface area contributed by atoms with Gasteiger partial charge in [0.05, 0.1) is 12.7 Å². The van der Waals surface area contributed by atoms with Gasteiger partial charge in [0.2, 0.25) is 0 Å². The predicted molar refractivity (Wildman–Crippen MR) is 47.4 cm³/mol. The predicted octanol–water partition coefficient (Wildman–Crippen LogP) is 1.63. The summed E-state index contributed by atoms with van der Waals surface area (Å²) in [6, 6.07) is 1.54. The third kappa shape index (κ3) is 2.18. The Balaban J connectivity index is 3.21. The minimum absolute atomic E-state index is 0.0638. The van der Waals surface area contributed by atoms with Crippen LogP contribution in [0.1, 0.15) is 15.9 Å². The van der Waals surface area contributed by atoms with Gasteiger partial charge in [0.1, 0.15) is 11.6 Å². The molecule has 15 heavy (non-hydrogen) atoms. The molecule has 80 valence electrons. The molecule has 5 heteroatoms. The second kappa shape index (κ2) is 4.16. The number of carbonyl (C=O) groups excluding carboxylic acids is 2. The normalized spacial score (nSPS) is 9.87. The first-order chi connectivity index (χ1) is 6.97. The number of carbonyl (C=O) groups is 2. The number of rotatable bonds is 2. The lowest BCUT2D eigenvalue weighted by Crippen LogP contribution is -2.17. The van der Waals surface area contributed by atoms with Crippen LogP contribution < -0.4 is 0 Å². The van der Waals surface area contributed by atoms with Crippen molar-refractivity contribution in [2.75, 3.05) is 7.11 Å². The molecule has 0 aliphatic heterocycles. The van der Waals surface area contributed by atoms with Crippen molar-refractivity contribution in [3.05, 3.63) is 34.9 Å². The molecule has 0 aliphatic carbocycles. The Kier molecular flexibility index (Phi) is 3.14. The standard InChI is InChI=1S/C10H8F2O3/c1-5-3-8(12)6(4-7(5)11)9(13)10(14)15-2/h3-4H,1-2H3. The van der Waals surface area contributed by atoms with Crippen molar-refractivity contribution in [2.24, 2.45) is 0 Å². The fraction of sp³-hybridized carbons (Fsp3) is 0.200. The number of hydrogen-bond acceptors (Lipinski definition) is 3. The van der Waals surface area contributed by atoms with Gasteiger partial charge in [-0.2, -0.15) is 0 Å². The molecule has 0 aliphatic rings. The van der Waals surface area contributed by atoms with E-state index in [-0.39, 0.29) is 5.56 Å². The fourth-order valence-electron chi connectivity index (χ4n) is 1.02. The van der Waals surface area contributed by atoms with Crippen molar-refractivity contribution >= 4 is 11.8 Å². The van der Waals surface area contributed by atoms with E-state index in [0.717, 1.165) is 13.2 Å². The Labute approximate surface area is 84.7 Å². The molecule has 0 atom stereocenters. The van der Waals surface area contributed by atoms with Crippen LogP contribution in [0.3, 0.4) is 0 Å². The highest BCUT2D eigenvalue weighted by molar-refractivity contribution is 6.40. The van der Waals surface area contributed by atoms with Crippen LogP contribution in [0, 0.1) is 18.6 Å². The minimum atomic E-state index is -1.22. The highest BCUT2D eigenvalue weighted by atomic mass is 19.1. The Morgan fingerprint density at radius 2 is 1.80 bits per heavy atom. The van der Waals surface area contributed by atoms with Gasteiger partial charge in [-0.25, -0.2) is 13.6 Å². The summed E-state index contributed by atoms with van der Waals surface area (Å²) in [5.41, 5.74) is -0.557. The largest absolute Gasteiger partial charge is 0.463 e. The highest BCUT2D eigenvalue weighted by Crippen LogP contribution is 2.15. The van der Waals surface area contributed by atoms with E-state index < -0.39 is 29.0 Å². The lowest BCUT2D eigenvalue weighted by atomic mass is 10.1. The molecule has 0 spiro atoms. The second-order valence-electron chi connectivity index (χ2n) is 2.90. The molecular formula is C10H8F2O3. The monoisotopic (exact) mass is 214 g/mol. The van der Waals surface area contributed by atoms with Gasteiger partial charge in [-0.15, -0.1) is 0 Å². The molecule has 0 saturated heterocycles. The maximum Gasteiger partial charge on any atom is 0.379 e. The summed E-state index contributed by atoms with van der Waals surface area (Å²) in [4.78, 5) is 22.0. The van der Waals surface area contributed by atoms with E-state index in [9.17, 15) is 18.4 Å². The van der Waals surface area contributed by atoms with Crippen LogP contribution in [0.25, 0.3) is 0 Å². The second-order valence-corrected chi connectivity index (χ2v) is 2.90. The number of aryl methyl sites for hydroxylation is 1. The average molecular weight is 214 g/mol. The van der Waals surface area contributed by atoms with Crippen LogP contribution in [0.4, 0.5) is 8.78 Å². The summed E-state index contributed by atoms with van der Waals surface area (Å²) < 4.78 is 30.3. The van der Waals surface area contributed by atoms with E-state index in [2.05, 4.69) is 4.74 Å². The molecule has 0 radical (unpaired) electrons. The zero-order chi connectivity index (χ0) is 11.6. The van der Waals surface area contributed by atoms with E-state index in [1.54, 1.807) is 0 Å². The Morgan fingerprint density at radius 1 is 1.20 bits per heavy atom. The molecule has 1 aromatic carbocycles. The van der Waals surface area contributed by atoms with Gasteiger partial charge in [-0.05, 0) is 24.6 Å². The summed E-state index contributed by atoms with van der Waals surface area (Å²) in [7, 11) is 0.989. The first-order valence-electron chi connectivity index (χ1n) is 4.05. The van der Waals surface area contributed by atoms with Crippen molar-refractivity contribution in [3.8, 4) is 0 Å². The van der Waals surface area contributed by atoms with E-state index >= 15 is 0 Å². The zero-order valence-electron chi connectivity index (χ0n) is 8.14. The first-order valence-corrected chi connectivity index (χ1v) is 4.05. The van der Waals surface area contributed by atoms with Gasteiger partial charge in [0.15, 0.2) is 0 Å². The summed E-state index contributed by atoms with van der Waals surface area (Å²) in [6.07, 6.45) is 0. The van der Waals surface area contributed by atoms with Crippen LogP contribution in [0.15, 0.2) is 12.1 Å². The molecule has 3 nitrogen and oxygen atoms in total. The maximum absolute atomic E-state index is 13.2. The van der Waals surface area contributed by atoms with E-state index in [1.807, 2.05) is 0 Å². The van der Waals surface area contributed by atoms with Crippen LogP contribution in [-0.4, -0.2) is 18.9 Å². The SMILES string of the molecule is COC(=O)C(=O)c1cc(F)c(C)cc1F. The van der Waals surface area contributed by atoms with Crippen LogP contribution >= 0.6 is 0 Å². The molecule has 0 saturated carbocycles. The maximum atomic E-state index is 13.2. The lowest BCUT2D eigenvalue weighted by molar-refractivity contribution is -0.135. The minimum Gasteiger partial charge on any atom is -0.463 e. The van der Waals surface area contributed by atoms with Gasteiger partial charge >= 0.3 is 5.97 Å². The molecule has 0 unspecified atom stereocenters. The number of hydrogen-bond donors (Lipinski definition) is 0. The van der Waals surface area contributed by atoms with Crippen molar-refractivity contribution in [3.63, 3.8) is 0 Å². The number of methoxy groups -OCH3 is 1. The number of esters is 1. The molecule has 0 amide bonds. The number of halogens is 2. The summed E-state index contributed by atoms with van der Waals surface area (Å²) >= 11 is 0. The average Bonchev–Trinajstić information content (AvgIpc) is 2.21. The van der Waals surface area contributed by atoms with Crippen molar-refractivity contribution in [1.82, 2.24) is 0 Å². The molecular weight excluding hydrogens is 206 g/mol. The smallest absolute Gasteiger partial charge is 0.379 e. The summed E-state index contributed by atoms with van der Waals surface area (Å²) in [6.45, 7) is 1.35. The molecule has 1 rings (SSSR count). The first kappa shape index (κ1) is 11.3. The Morgan fingerprint density at radius 3 is 2.33 bits per heavy atom. The van der Waals surface area contributed by atoms with Crippen LogP contribution in [0.5, 0.6) is 0 Å². The molecule has 0 bridgehead atoms. The quantitative estimate of drug-likeness (QED) is 0.427. The lowest BCUT2D eigenvalue weighted by Gasteiger charge is -2.03. The highest BCUT2D eigenvalue weighted by Gasteiger charge is 2.21. The Bertz CT molecular complexity index is 427. The fourth-order valence-corrected chi connectivity index (χ4v) is 1.02. The molecule has 1 aromatic rings. The van der Waals surface area contributed by atoms with Crippen molar-refractivity contribution < 1.29 is 23.1 Å². The Hall–Kier alpha value is -1.78. The van der Waals surface area contributed by atoms with E-state index in [4.69, 9.17) is 0 Å². The summed E-state index contributed by atoms with van der Waals surface area (Å²) in [5.74, 6) is -4.11. The van der Waals surface area contributed by atoms with Crippen LogP contribution in [0.2, 0.25) is 0 Å². The third-order valence-electron chi connectivity index (χ3n) is 1.86. The number of ketones is 1. The van der Waals surface area contributed by atoms with Gasteiger partial charge in [-0.1, -0.05) is 0 Å². The van der Waals surface area contributed by atoms with Crippen LogP contribution in [-0.2, 0) is 9.53 Å². The van der Waals surface area contributed by atoms with Crippen molar-refractivity contribution in [1.29, 1.82) is 0 Å². The molecule has 0 N–H and O–H groups in total. The third-order valence-corrected chi connectivity index (χ3v) is 1.86. The van der Waals surface area contributed by atoms with Crippen molar-refractivity contribution in [2.45, 2.75) is 6.92 Å². The molecule has 0 fully saturated rings. The van der Waals surface area contributed by atoms with Gasteiger partial charge in [-0.3, -0.25) is 4.79 Å². The summed E-state index contributed by atoms with van der Waals surface area (Å²) in [5, 5.41) is 0. The number of Topliss-reactive ketones (excluding diaryl/α,β-unsaturated/α-hetero) is 1. The van der Waals surface area contributed by atoms with E-state index in [1.165, 1.54) is 6.92 Å². The van der Waals surface area contributed by atoms with Gasteiger partial charge in [0, 0.05) is 0 Å². The van der Waals surface area contributed by atoms with Gasteiger partial charge < -0.3 is 4.74 Å². The number of ether oxygens (including phenoxy) is 1. The molecule has 0 heterocycles.